The van der Waals surface area contributed by atoms with Gasteiger partial charge in [-0.05, 0) is 62.9 Å². The summed E-state index contributed by atoms with van der Waals surface area (Å²) in [6, 6.07) is 5.50. The van der Waals surface area contributed by atoms with Crippen LogP contribution in [-0.2, 0) is 17.1 Å². The van der Waals surface area contributed by atoms with Gasteiger partial charge in [0.1, 0.15) is 5.65 Å². The lowest BCUT2D eigenvalue weighted by atomic mass is 10.0. The number of hydrogen-bond acceptors (Lipinski definition) is 4. The Balaban J connectivity index is 1.87. The van der Waals surface area contributed by atoms with Gasteiger partial charge in [0.2, 0.25) is 0 Å². The summed E-state index contributed by atoms with van der Waals surface area (Å²) in [6.45, 7) is 6.20. The Morgan fingerprint density at radius 3 is 2.54 bits per heavy atom. The van der Waals surface area contributed by atoms with E-state index in [9.17, 15) is 13.2 Å². The summed E-state index contributed by atoms with van der Waals surface area (Å²) >= 11 is 0. The van der Waals surface area contributed by atoms with Crippen molar-refractivity contribution in [2.45, 2.75) is 44.2 Å². The molecule has 148 valence electrons. The van der Waals surface area contributed by atoms with Crippen molar-refractivity contribution < 1.29 is 8.42 Å². The van der Waals surface area contributed by atoms with Crippen molar-refractivity contribution in [3.05, 3.63) is 52.7 Å². The summed E-state index contributed by atoms with van der Waals surface area (Å²) < 4.78 is 31.4. The molecule has 7 nitrogen and oxygen atoms in total. The molecular formula is C20H24N4O3S. The van der Waals surface area contributed by atoms with E-state index < -0.39 is 15.6 Å². The number of rotatable bonds is 3. The predicted molar refractivity (Wildman–Crippen MR) is 108 cm³/mol. The normalized spacial score (nSPS) is 17.4. The molecule has 8 heteroatoms. The third-order valence-corrected chi connectivity index (χ3v) is 7.63. The molecule has 1 aliphatic heterocycles. The van der Waals surface area contributed by atoms with E-state index in [1.165, 1.54) is 10.8 Å². The van der Waals surface area contributed by atoms with E-state index in [2.05, 4.69) is 4.98 Å². The minimum absolute atomic E-state index is 0.0491. The molecule has 0 spiro atoms. The fourth-order valence-electron chi connectivity index (χ4n) is 4.00. The zero-order chi connectivity index (χ0) is 20.3. The standard InChI is InChI=1S/C20H24N4O3S/c1-14-10-16(12-22(4)19(14)25)15-6-7-17-21-11-18(23(17)13-15)28(26,27)24-9-5-8-20(24,2)3/h6-7,10-13H,5,8-9H2,1-4H3. The summed E-state index contributed by atoms with van der Waals surface area (Å²) in [5, 5.41) is 0.167. The van der Waals surface area contributed by atoms with Gasteiger partial charge < -0.3 is 4.57 Å². The SMILES string of the molecule is Cc1cc(-c2ccc3ncc(S(=O)(=O)N4CCCC4(C)C)n3c2)cn(C)c1=O. The van der Waals surface area contributed by atoms with Gasteiger partial charge in [-0.25, -0.2) is 13.4 Å². The zero-order valence-corrected chi connectivity index (χ0v) is 17.3. The number of sulfonamides is 1. The Kier molecular flexibility index (Phi) is 4.24. The predicted octanol–water partition coefficient (Wildman–Crippen LogP) is 2.57. The van der Waals surface area contributed by atoms with Gasteiger partial charge in [-0.15, -0.1) is 0 Å². The van der Waals surface area contributed by atoms with E-state index in [4.69, 9.17) is 0 Å². The van der Waals surface area contributed by atoms with Crippen LogP contribution >= 0.6 is 0 Å². The molecule has 4 heterocycles. The maximum atomic E-state index is 13.3. The zero-order valence-electron chi connectivity index (χ0n) is 16.5. The van der Waals surface area contributed by atoms with Crippen LogP contribution in [0.1, 0.15) is 32.3 Å². The molecule has 0 N–H and O–H groups in total. The van der Waals surface area contributed by atoms with Crippen molar-refractivity contribution in [3.8, 4) is 11.1 Å². The largest absolute Gasteiger partial charge is 0.318 e. The second kappa shape index (κ2) is 6.28. The molecule has 1 aliphatic rings. The van der Waals surface area contributed by atoms with Crippen LogP contribution in [0, 0.1) is 6.92 Å². The summed E-state index contributed by atoms with van der Waals surface area (Å²) in [5.74, 6) is 0. The molecule has 4 rings (SSSR count). The topological polar surface area (TPSA) is 76.7 Å². The lowest BCUT2D eigenvalue weighted by molar-refractivity contribution is 0.290. The van der Waals surface area contributed by atoms with Crippen LogP contribution in [0.3, 0.4) is 0 Å². The van der Waals surface area contributed by atoms with E-state index in [1.807, 2.05) is 26.0 Å². The van der Waals surface area contributed by atoms with E-state index in [0.717, 1.165) is 24.0 Å². The number of aryl methyl sites for hydroxylation is 2. The van der Waals surface area contributed by atoms with Crippen molar-refractivity contribution in [2.75, 3.05) is 6.54 Å². The van der Waals surface area contributed by atoms with Crippen LogP contribution < -0.4 is 5.56 Å². The number of imidazole rings is 1. The molecule has 1 fully saturated rings. The first-order valence-electron chi connectivity index (χ1n) is 9.29. The minimum atomic E-state index is -3.67. The summed E-state index contributed by atoms with van der Waals surface area (Å²) in [6.07, 6.45) is 6.65. The summed E-state index contributed by atoms with van der Waals surface area (Å²) in [7, 11) is -1.96. The van der Waals surface area contributed by atoms with E-state index in [-0.39, 0.29) is 10.6 Å². The Morgan fingerprint density at radius 1 is 1.14 bits per heavy atom. The average Bonchev–Trinajstić information content (AvgIpc) is 3.21. The third-order valence-electron chi connectivity index (χ3n) is 5.55. The maximum absolute atomic E-state index is 13.3. The summed E-state index contributed by atoms with van der Waals surface area (Å²) in [5.41, 5.74) is 2.42. The van der Waals surface area contributed by atoms with Gasteiger partial charge >= 0.3 is 0 Å². The number of aromatic nitrogens is 3. The smallest absolute Gasteiger partial charge is 0.261 e. The number of hydrogen-bond donors (Lipinski definition) is 0. The van der Waals surface area contributed by atoms with Gasteiger partial charge in [0.15, 0.2) is 5.03 Å². The molecule has 0 unspecified atom stereocenters. The molecule has 0 radical (unpaired) electrons. The first-order chi connectivity index (χ1) is 13.1. The van der Waals surface area contributed by atoms with Crippen LogP contribution in [0.25, 0.3) is 16.8 Å². The number of nitrogens with zero attached hydrogens (tertiary/aromatic N) is 4. The fraction of sp³-hybridized carbons (Fsp3) is 0.400. The molecular weight excluding hydrogens is 376 g/mol. The molecule has 0 aromatic carbocycles. The second-order valence-corrected chi connectivity index (χ2v) is 9.87. The highest BCUT2D eigenvalue weighted by atomic mass is 32.2. The van der Waals surface area contributed by atoms with Gasteiger partial charge in [-0.1, -0.05) is 0 Å². The number of fused-ring (bicyclic) bond motifs is 1. The first-order valence-corrected chi connectivity index (χ1v) is 10.7. The molecule has 3 aromatic rings. The van der Waals surface area contributed by atoms with E-state index in [1.54, 1.807) is 41.1 Å². The van der Waals surface area contributed by atoms with Gasteiger partial charge in [-0.3, -0.25) is 9.20 Å². The second-order valence-electron chi connectivity index (χ2n) is 8.06. The molecule has 0 amide bonds. The number of pyridine rings is 2. The molecule has 1 saturated heterocycles. The third kappa shape index (κ3) is 2.87. The highest BCUT2D eigenvalue weighted by Gasteiger charge is 2.42. The Bertz CT molecular complexity index is 1210. The quantitative estimate of drug-likeness (QED) is 0.677. The van der Waals surface area contributed by atoms with Crippen molar-refractivity contribution >= 4 is 15.7 Å². The highest BCUT2D eigenvalue weighted by Crippen LogP contribution is 2.34. The van der Waals surface area contributed by atoms with Gasteiger partial charge in [0.25, 0.3) is 15.6 Å². The lowest BCUT2D eigenvalue weighted by Crippen LogP contribution is -2.42. The van der Waals surface area contributed by atoms with Crippen LogP contribution in [-0.4, -0.2) is 38.8 Å². The van der Waals surface area contributed by atoms with Crippen molar-refractivity contribution in [1.82, 2.24) is 18.3 Å². The van der Waals surface area contributed by atoms with E-state index in [0.29, 0.717) is 17.8 Å². The van der Waals surface area contributed by atoms with Crippen LogP contribution in [0.15, 0.2) is 46.6 Å². The average molecular weight is 401 g/mol. The maximum Gasteiger partial charge on any atom is 0.261 e. The van der Waals surface area contributed by atoms with Gasteiger partial charge in [0, 0.05) is 37.1 Å². The van der Waals surface area contributed by atoms with Crippen molar-refractivity contribution in [3.63, 3.8) is 0 Å². The lowest BCUT2D eigenvalue weighted by Gasteiger charge is -2.30. The van der Waals surface area contributed by atoms with Gasteiger partial charge in [-0.2, -0.15) is 4.31 Å². The molecule has 28 heavy (non-hydrogen) atoms. The van der Waals surface area contributed by atoms with Crippen LogP contribution in [0.2, 0.25) is 0 Å². The van der Waals surface area contributed by atoms with Crippen LogP contribution in [0.5, 0.6) is 0 Å². The Labute approximate surface area is 164 Å². The monoisotopic (exact) mass is 400 g/mol. The van der Waals surface area contributed by atoms with Gasteiger partial charge in [0.05, 0.1) is 6.20 Å². The molecule has 0 bridgehead atoms. The first kappa shape index (κ1) is 18.9. The molecule has 0 saturated carbocycles. The fourth-order valence-corrected chi connectivity index (χ4v) is 5.91. The summed E-state index contributed by atoms with van der Waals surface area (Å²) in [4.78, 5) is 16.3. The Morgan fingerprint density at radius 2 is 1.89 bits per heavy atom. The highest BCUT2D eigenvalue weighted by molar-refractivity contribution is 7.89. The molecule has 0 atom stereocenters. The van der Waals surface area contributed by atoms with Crippen LogP contribution in [0.4, 0.5) is 0 Å². The molecule has 0 aliphatic carbocycles. The Hall–Kier alpha value is -2.45. The van der Waals surface area contributed by atoms with Crippen molar-refractivity contribution in [1.29, 1.82) is 0 Å². The van der Waals surface area contributed by atoms with Crippen molar-refractivity contribution in [2.24, 2.45) is 7.05 Å². The van der Waals surface area contributed by atoms with E-state index >= 15 is 0 Å². The minimum Gasteiger partial charge on any atom is -0.318 e. The molecule has 3 aromatic heterocycles.